The number of rotatable bonds is 5. The lowest BCUT2D eigenvalue weighted by Crippen LogP contribution is -2.18. The van der Waals surface area contributed by atoms with Crippen LogP contribution in [0.15, 0.2) is 30.6 Å². The van der Waals surface area contributed by atoms with Gasteiger partial charge in [0.15, 0.2) is 0 Å². The number of ether oxygens (including phenoxy) is 1. The van der Waals surface area contributed by atoms with E-state index in [9.17, 15) is 4.79 Å². The highest BCUT2D eigenvalue weighted by molar-refractivity contribution is 6.04. The zero-order valence-electron chi connectivity index (χ0n) is 12.5. The average Bonchev–Trinajstić information content (AvgIpc) is 2.81. The predicted octanol–water partition coefficient (Wildman–Crippen LogP) is 2.52. The number of aryl methyl sites for hydroxylation is 1. The van der Waals surface area contributed by atoms with Crippen molar-refractivity contribution in [3.63, 3.8) is 0 Å². The molecule has 2 rings (SSSR count). The third kappa shape index (κ3) is 3.53. The van der Waals surface area contributed by atoms with Crippen molar-refractivity contribution in [2.45, 2.75) is 33.4 Å². The van der Waals surface area contributed by atoms with Crippen LogP contribution >= 0.6 is 0 Å². The lowest BCUT2D eigenvalue weighted by Gasteiger charge is -2.13. The van der Waals surface area contributed by atoms with Gasteiger partial charge in [-0.3, -0.25) is 4.79 Å². The van der Waals surface area contributed by atoms with E-state index in [1.165, 1.54) is 0 Å². The van der Waals surface area contributed by atoms with E-state index in [1.54, 1.807) is 35.2 Å². The quantitative estimate of drug-likeness (QED) is 0.885. The molecule has 6 nitrogen and oxygen atoms in total. The fourth-order valence-corrected chi connectivity index (χ4v) is 1.97. The molecular formula is C15H20N4O2. The first-order valence-electron chi connectivity index (χ1n) is 6.90. The molecule has 0 aromatic carbocycles. The van der Waals surface area contributed by atoms with Crippen LogP contribution in [0.1, 0.15) is 31.3 Å². The highest BCUT2D eigenvalue weighted by Crippen LogP contribution is 2.23. The van der Waals surface area contributed by atoms with Crippen LogP contribution in [0.2, 0.25) is 0 Å². The van der Waals surface area contributed by atoms with Gasteiger partial charge in [0.25, 0.3) is 5.91 Å². The second-order valence-electron chi connectivity index (χ2n) is 4.92. The third-order valence-electron chi connectivity index (χ3n) is 2.86. The second kappa shape index (κ2) is 6.30. The van der Waals surface area contributed by atoms with Crippen molar-refractivity contribution in [2.75, 3.05) is 11.1 Å². The summed E-state index contributed by atoms with van der Waals surface area (Å²) >= 11 is 0. The Morgan fingerprint density at radius 3 is 2.95 bits per heavy atom. The number of pyridine rings is 1. The Kier molecular flexibility index (Phi) is 4.47. The first kappa shape index (κ1) is 14.9. The number of aromatic nitrogens is 2. The molecule has 21 heavy (non-hydrogen) atoms. The lowest BCUT2D eigenvalue weighted by molar-refractivity contribution is 0.101. The van der Waals surface area contributed by atoms with Crippen molar-refractivity contribution < 1.29 is 9.53 Å². The fraction of sp³-hybridized carbons (Fsp3) is 0.333. The lowest BCUT2D eigenvalue weighted by atomic mass is 10.3. The molecule has 2 heterocycles. The number of nitrogens with zero attached hydrogens (tertiary/aromatic N) is 2. The maximum atomic E-state index is 12.4. The zero-order valence-corrected chi connectivity index (χ0v) is 12.5. The van der Waals surface area contributed by atoms with Gasteiger partial charge >= 0.3 is 0 Å². The first-order valence-corrected chi connectivity index (χ1v) is 6.90. The van der Waals surface area contributed by atoms with Gasteiger partial charge in [0.05, 0.1) is 11.8 Å². The second-order valence-corrected chi connectivity index (χ2v) is 4.92. The molecule has 2 aromatic rings. The molecule has 6 heteroatoms. The average molecular weight is 288 g/mol. The van der Waals surface area contributed by atoms with Crippen LogP contribution in [0.25, 0.3) is 0 Å². The van der Waals surface area contributed by atoms with Gasteiger partial charge in [0.2, 0.25) is 5.88 Å². The Balaban J connectivity index is 2.23. The minimum atomic E-state index is -0.241. The summed E-state index contributed by atoms with van der Waals surface area (Å²) in [6, 6.07) is 5.15. The number of nitrogens with one attached hydrogen (secondary N) is 1. The zero-order chi connectivity index (χ0) is 15.4. The van der Waals surface area contributed by atoms with Gasteiger partial charge < -0.3 is 20.4 Å². The fourth-order valence-electron chi connectivity index (χ4n) is 1.97. The van der Waals surface area contributed by atoms with E-state index in [2.05, 4.69) is 10.3 Å². The number of hydrogen-bond acceptors (Lipinski definition) is 4. The van der Waals surface area contributed by atoms with Crippen LogP contribution in [0.4, 0.5) is 11.4 Å². The molecule has 0 aliphatic carbocycles. The number of amides is 1. The standard InChI is InChI=1S/C15H20N4O2/c1-4-19-9-11(16)8-13(19)14(20)18-12-6-5-7-17-15(12)21-10(2)3/h5-10H,4,16H2,1-3H3,(H,18,20). The Hall–Kier alpha value is -2.50. The van der Waals surface area contributed by atoms with Gasteiger partial charge in [-0.2, -0.15) is 0 Å². The molecule has 3 N–H and O–H groups in total. The number of hydrogen-bond donors (Lipinski definition) is 2. The van der Waals surface area contributed by atoms with Crippen molar-refractivity contribution in [3.8, 4) is 5.88 Å². The van der Waals surface area contributed by atoms with Crippen molar-refractivity contribution in [3.05, 3.63) is 36.3 Å². The number of carbonyl (C=O) groups is 1. The molecule has 0 atom stereocenters. The minimum Gasteiger partial charge on any atom is -0.473 e. The van der Waals surface area contributed by atoms with Crippen molar-refractivity contribution in [2.24, 2.45) is 0 Å². The number of carbonyl (C=O) groups excluding carboxylic acids is 1. The number of anilines is 2. The summed E-state index contributed by atoms with van der Waals surface area (Å²) in [5, 5.41) is 2.82. The maximum absolute atomic E-state index is 12.4. The van der Waals surface area contributed by atoms with Crippen LogP contribution in [-0.2, 0) is 6.54 Å². The molecule has 0 radical (unpaired) electrons. The van der Waals surface area contributed by atoms with Gasteiger partial charge in [-0.1, -0.05) is 0 Å². The van der Waals surface area contributed by atoms with E-state index in [1.807, 2.05) is 20.8 Å². The molecule has 0 unspecified atom stereocenters. The van der Waals surface area contributed by atoms with Crippen molar-refractivity contribution >= 4 is 17.3 Å². The minimum absolute atomic E-state index is 0.0225. The van der Waals surface area contributed by atoms with Crippen LogP contribution in [0, 0.1) is 0 Å². The normalized spacial score (nSPS) is 10.7. The summed E-state index contributed by atoms with van der Waals surface area (Å²) in [6.07, 6.45) is 3.34. The number of nitrogen functional groups attached to an aromatic ring is 1. The van der Waals surface area contributed by atoms with Crippen molar-refractivity contribution in [1.29, 1.82) is 0 Å². The molecule has 112 valence electrons. The predicted molar refractivity (Wildman–Crippen MR) is 82.5 cm³/mol. The molecule has 0 aliphatic rings. The monoisotopic (exact) mass is 288 g/mol. The van der Waals surface area contributed by atoms with E-state index < -0.39 is 0 Å². The highest BCUT2D eigenvalue weighted by Gasteiger charge is 2.15. The van der Waals surface area contributed by atoms with E-state index in [-0.39, 0.29) is 12.0 Å². The summed E-state index contributed by atoms with van der Waals surface area (Å²) < 4.78 is 7.38. The maximum Gasteiger partial charge on any atom is 0.272 e. The molecule has 1 amide bonds. The van der Waals surface area contributed by atoms with E-state index >= 15 is 0 Å². The molecule has 0 saturated carbocycles. The summed E-state index contributed by atoms with van der Waals surface area (Å²) in [5.74, 6) is 0.165. The van der Waals surface area contributed by atoms with E-state index in [4.69, 9.17) is 10.5 Å². The topological polar surface area (TPSA) is 82.2 Å². The van der Waals surface area contributed by atoms with Crippen LogP contribution in [0.5, 0.6) is 5.88 Å². The smallest absolute Gasteiger partial charge is 0.272 e. The van der Waals surface area contributed by atoms with Gasteiger partial charge in [0.1, 0.15) is 11.4 Å². The highest BCUT2D eigenvalue weighted by atomic mass is 16.5. The van der Waals surface area contributed by atoms with Crippen molar-refractivity contribution in [1.82, 2.24) is 9.55 Å². The van der Waals surface area contributed by atoms with E-state index in [0.717, 1.165) is 0 Å². The molecule has 0 saturated heterocycles. The Bertz CT molecular complexity index is 634. The van der Waals surface area contributed by atoms with Gasteiger partial charge in [0, 0.05) is 18.9 Å². The van der Waals surface area contributed by atoms with Crippen LogP contribution < -0.4 is 15.8 Å². The number of nitrogens with two attached hydrogens (primary N) is 1. The Morgan fingerprint density at radius 2 is 2.29 bits per heavy atom. The van der Waals surface area contributed by atoms with Crippen LogP contribution in [0.3, 0.4) is 0 Å². The largest absolute Gasteiger partial charge is 0.473 e. The Labute approximate surface area is 123 Å². The molecular weight excluding hydrogens is 268 g/mol. The van der Waals surface area contributed by atoms with Crippen LogP contribution in [-0.4, -0.2) is 21.6 Å². The Morgan fingerprint density at radius 1 is 1.52 bits per heavy atom. The molecule has 0 aliphatic heterocycles. The third-order valence-corrected chi connectivity index (χ3v) is 2.86. The van der Waals surface area contributed by atoms with Gasteiger partial charge in [-0.05, 0) is 39.0 Å². The summed E-state index contributed by atoms with van der Waals surface area (Å²) in [4.78, 5) is 16.5. The SMILES string of the molecule is CCn1cc(N)cc1C(=O)Nc1cccnc1OC(C)C. The van der Waals surface area contributed by atoms with E-state index in [0.29, 0.717) is 29.5 Å². The summed E-state index contributed by atoms with van der Waals surface area (Å²) in [5.41, 5.74) is 7.36. The molecule has 2 aromatic heterocycles. The molecule has 0 bridgehead atoms. The van der Waals surface area contributed by atoms with Gasteiger partial charge in [-0.25, -0.2) is 4.98 Å². The first-order chi connectivity index (χ1) is 10.0. The molecule has 0 spiro atoms. The molecule has 0 fully saturated rings. The summed E-state index contributed by atoms with van der Waals surface area (Å²) in [6.45, 7) is 6.43. The summed E-state index contributed by atoms with van der Waals surface area (Å²) in [7, 11) is 0. The van der Waals surface area contributed by atoms with Gasteiger partial charge in [-0.15, -0.1) is 0 Å².